The Bertz CT molecular complexity index is 853. The topological polar surface area (TPSA) is 66.6 Å². The largest absolute Gasteiger partial charge is 0.370 e. The number of aryl methyl sites for hydroxylation is 1. The van der Waals surface area contributed by atoms with Crippen LogP contribution in [0.2, 0.25) is 5.02 Å². The maximum atomic E-state index is 13.2. The highest BCUT2D eigenvalue weighted by molar-refractivity contribution is 6.31. The van der Waals surface area contributed by atoms with Crippen molar-refractivity contribution in [1.82, 2.24) is 9.80 Å². The third-order valence-electron chi connectivity index (χ3n) is 8.51. The number of nitrogens with two attached hydrogens (primary N) is 1. The lowest BCUT2D eigenvalue weighted by Crippen LogP contribution is -2.37. The molecule has 1 aliphatic carbocycles. The SMILES string of the molecule is Cc1ccc(C(CC(N)=O)N2CC3CN(C(=O)C4C(C)(C)C4(C)C)CC3C2)cc1Cl. The highest BCUT2D eigenvalue weighted by atomic mass is 35.5. The number of primary amides is 1. The molecule has 3 aliphatic rings. The molecule has 30 heavy (non-hydrogen) atoms. The van der Waals surface area contributed by atoms with Gasteiger partial charge in [-0.1, -0.05) is 51.4 Å². The first-order chi connectivity index (χ1) is 13.9. The summed E-state index contributed by atoms with van der Waals surface area (Å²) >= 11 is 6.35. The number of nitrogens with zero attached hydrogens (tertiary/aromatic N) is 2. The Labute approximate surface area is 184 Å². The monoisotopic (exact) mass is 431 g/mol. The second kappa shape index (κ2) is 7.23. The van der Waals surface area contributed by atoms with E-state index in [9.17, 15) is 9.59 Å². The van der Waals surface area contributed by atoms with E-state index in [0.717, 1.165) is 37.3 Å². The first-order valence-electron chi connectivity index (χ1n) is 11.0. The highest BCUT2D eigenvalue weighted by Gasteiger charge is 2.69. The van der Waals surface area contributed by atoms with Crippen molar-refractivity contribution in [2.75, 3.05) is 26.2 Å². The first-order valence-corrected chi connectivity index (χ1v) is 11.4. The van der Waals surface area contributed by atoms with E-state index in [2.05, 4.69) is 43.6 Å². The molecular formula is C24H34ClN3O2. The summed E-state index contributed by atoms with van der Waals surface area (Å²) in [5.41, 5.74) is 7.80. The molecule has 1 saturated carbocycles. The van der Waals surface area contributed by atoms with Crippen LogP contribution in [0.1, 0.15) is 51.3 Å². The minimum atomic E-state index is -0.302. The van der Waals surface area contributed by atoms with Gasteiger partial charge in [0.15, 0.2) is 0 Å². The minimum Gasteiger partial charge on any atom is -0.370 e. The zero-order valence-electron chi connectivity index (χ0n) is 18.7. The van der Waals surface area contributed by atoms with E-state index in [4.69, 9.17) is 17.3 Å². The molecule has 2 heterocycles. The van der Waals surface area contributed by atoms with Crippen molar-refractivity contribution < 1.29 is 9.59 Å². The Kier molecular flexibility index (Phi) is 5.22. The first kappa shape index (κ1) is 21.6. The summed E-state index contributed by atoms with van der Waals surface area (Å²) in [6, 6.07) is 5.96. The fourth-order valence-electron chi connectivity index (χ4n) is 5.92. The van der Waals surface area contributed by atoms with Crippen LogP contribution in [0.15, 0.2) is 18.2 Å². The fraction of sp³-hybridized carbons (Fsp3) is 0.667. The number of carbonyl (C=O) groups excluding carboxylic acids is 2. The zero-order valence-corrected chi connectivity index (χ0v) is 19.5. The zero-order chi connectivity index (χ0) is 22.0. The van der Waals surface area contributed by atoms with E-state index < -0.39 is 0 Å². The predicted octanol–water partition coefficient (Wildman–Crippen LogP) is 3.64. The van der Waals surface area contributed by atoms with Crippen LogP contribution in [0.3, 0.4) is 0 Å². The van der Waals surface area contributed by atoms with Gasteiger partial charge in [0.05, 0.1) is 0 Å². The number of halogens is 1. The molecule has 2 amide bonds. The Hall–Kier alpha value is -1.59. The summed E-state index contributed by atoms with van der Waals surface area (Å²) in [6.07, 6.45) is 0.284. The number of hydrogen-bond acceptors (Lipinski definition) is 3. The lowest BCUT2D eigenvalue weighted by atomic mass is 10.0. The van der Waals surface area contributed by atoms with E-state index in [-0.39, 0.29) is 35.1 Å². The average Bonchev–Trinajstić information content (AvgIpc) is 3.02. The summed E-state index contributed by atoms with van der Waals surface area (Å²) in [6.45, 7) is 14.2. The molecule has 0 aromatic heterocycles. The van der Waals surface area contributed by atoms with Gasteiger partial charge in [-0.05, 0) is 46.8 Å². The van der Waals surface area contributed by atoms with Gasteiger partial charge >= 0.3 is 0 Å². The number of fused-ring (bicyclic) bond motifs is 1. The fourth-order valence-corrected chi connectivity index (χ4v) is 6.11. The maximum absolute atomic E-state index is 13.2. The molecule has 6 heteroatoms. The molecule has 0 spiro atoms. The van der Waals surface area contributed by atoms with Crippen LogP contribution in [0.5, 0.6) is 0 Å². The molecule has 4 rings (SSSR count). The standard InChI is InChI=1S/C24H34ClN3O2/c1-14-6-7-15(8-18(14)25)19(9-20(26)29)27-10-16-12-28(13-17(16)11-27)22(30)21-23(2,3)24(21,4)5/h6-8,16-17,19,21H,9-13H2,1-5H3,(H2,26,29). The van der Waals surface area contributed by atoms with E-state index in [1.54, 1.807) is 0 Å². The molecule has 0 radical (unpaired) electrons. The molecule has 2 N–H and O–H groups in total. The van der Waals surface area contributed by atoms with E-state index in [0.29, 0.717) is 22.8 Å². The smallest absolute Gasteiger partial charge is 0.226 e. The number of carbonyl (C=O) groups is 2. The number of amides is 2. The molecule has 1 aromatic carbocycles. The molecule has 2 saturated heterocycles. The van der Waals surface area contributed by atoms with Crippen molar-refractivity contribution in [2.45, 2.75) is 47.1 Å². The van der Waals surface area contributed by atoms with Crippen LogP contribution in [0.4, 0.5) is 0 Å². The Morgan fingerprint density at radius 3 is 2.13 bits per heavy atom. The Morgan fingerprint density at radius 1 is 1.10 bits per heavy atom. The second-order valence-corrected chi connectivity index (χ2v) is 11.2. The summed E-state index contributed by atoms with van der Waals surface area (Å²) in [5, 5.41) is 0.716. The van der Waals surface area contributed by atoms with Gasteiger partial charge in [-0.25, -0.2) is 0 Å². The minimum absolute atomic E-state index is 0.0587. The van der Waals surface area contributed by atoms with Crippen LogP contribution in [0.25, 0.3) is 0 Å². The lowest BCUT2D eigenvalue weighted by Gasteiger charge is -2.30. The van der Waals surface area contributed by atoms with Gasteiger partial charge < -0.3 is 10.6 Å². The summed E-state index contributed by atoms with van der Waals surface area (Å²) in [5.74, 6) is 1.05. The van der Waals surface area contributed by atoms with Gasteiger partial charge in [-0.15, -0.1) is 0 Å². The molecule has 1 aromatic rings. The van der Waals surface area contributed by atoms with Crippen molar-refractivity contribution in [3.05, 3.63) is 34.3 Å². The van der Waals surface area contributed by atoms with Crippen LogP contribution in [0, 0.1) is 35.5 Å². The molecule has 3 fully saturated rings. The van der Waals surface area contributed by atoms with Crippen molar-refractivity contribution >= 4 is 23.4 Å². The van der Waals surface area contributed by atoms with Crippen LogP contribution >= 0.6 is 11.6 Å². The molecular weight excluding hydrogens is 398 g/mol. The van der Waals surface area contributed by atoms with Gasteiger partial charge in [-0.3, -0.25) is 14.5 Å². The van der Waals surface area contributed by atoms with Gasteiger partial charge in [0.1, 0.15) is 0 Å². The van der Waals surface area contributed by atoms with E-state index in [1.165, 1.54) is 0 Å². The highest BCUT2D eigenvalue weighted by Crippen LogP contribution is 2.69. The quantitative estimate of drug-likeness (QED) is 0.773. The van der Waals surface area contributed by atoms with E-state index >= 15 is 0 Å². The van der Waals surface area contributed by atoms with Crippen molar-refractivity contribution in [2.24, 2.45) is 34.3 Å². The number of likely N-dealkylation sites (tertiary alicyclic amines) is 2. The summed E-state index contributed by atoms with van der Waals surface area (Å²) < 4.78 is 0. The summed E-state index contributed by atoms with van der Waals surface area (Å²) in [4.78, 5) is 29.4. The van der Waals surface area contributed by atoms with E-state index in [1.807, 2.05) is 19.1 Å². The molecule has 2 aliphatic heterocycles. The molecule has 164 valence electrons. The third-order valence-corrected chi connectivity index (χ3v) is 8.92. The average molecular weight is 432 g/mol. The second-order valence-electron chi connectivity index (χ2n) is 10.8. The van der Waals surface area contributed by atoms with Gasteiger partial charge in [0, 0.05) is 49.6 Å². The van der Waals surface area contributed by atoms with Crippen LogP contribution < -0.4 is 5.73 Å². The van der Waals surface area contributed by atoms with Gasteiger partial charge in [-0.2, -0.15) is 0 Å². The van der Waals surface area contributed by atoms with Gasteiger partial charge in [0.2, 0.25) is 11.8 Å². The molecule has 3 atom stereocenters. The molecule has 0 bridgehead atoms. The van der Waals surface area contributed by atoms with Crippen molar-refractivity contribution in [3.63, 3.8) is 0 Å². The molecule has 5 nitrogen and oxygen atoms in total. The normalized spacial score (nSPS) is 28.4. The maximum Gasteiger partial charge on any atom is 0.226 e. The van der Waals surface area contributed by atoms with Crippen LogP contribution in [-0.4, -0.2) is 47.8 Å². The molecule has 3 unspecified atom stereocenters. The van der Waals surface area contributed by atoms with Crippen molar-refractivity contribution in [3.8, 4) is 0 Å². The lowest BCUT2D eigenvalue weighted by molar-refractivity contribution is -0.133. The third kappa shape index (κ3) is 3.44. The number of rotatable bonds is 5. The predicted molar refractivity (Wildman–Crippen MR) is 119 cm³/mol. The number of benzene rings is 1. The number of hydrogen-bond donors (Lipinski definition) is 1. The Morgan fingerprint density at radius 2 is 1.67 bits per heavy atom. The van der Waals surface area contributed by atoms with Crippen molar-refractivity contribution in [1.29, 1.82) is 0 Å². The summed E-state index contributed by atoms with van der Waals surface area (Å²) in [7, 11) is 0. The van der Waals surface area contributed by atoms with Gasteiger partial charge in [0.25, 0.3) is 0 Å². The van der Waals surface area contributed by atoms with Crippen LogP contribution in [-0.2, 0) is 9.59 Å². The Balaban J connectivity index is 1.45.